The Hall–Kier alpha value is -2.45. The first-order chi connectivity index (χ1) is 13.0. The fraction of sp³-hybridized carbons (Fsp3) is 0.421. The summed E-state index contributed by atoms with van der Waals surface area (Å²) in [5, 5.41) is 11.0. The lowest BCUT2D eigenvalue weighted by molar-refractivity contribution is -0.133. The van der Waals surface area contributed by atoms with Crippen molar-refractivity contribution in [1.82, 2.24) is 30.0 Å². The molecule has 3 aromatic rings. The zero-order valence-electron chi connectivity index (χ0n) is 15.7. The molecule has 3 heterocycles. The minimum absolute atomic E-state index is 0.0882. The maximum absolute atomic E-state index is 12.7. The van der Waals surface area contributed by atoms with Crippen molar-refractivity contribution in [3.63, 3.8) is 0 Å². The number of aromatic nitrogens is 4. The van der Waals surface area contributed by atoms with Gasteiger partial charge in [0.1, 0.15) is 15.8 Å². The Labute approximate surface area is 162 Å². The van der Waals surface area contributed by atoms with Gasteiger partial charge in [0.15, 0.2) is 0 Å². The second-order valence-electron chi connectivity index (χ2n) is 7.03. The van der Waals surface area contributed by atoms with Gasteiger partial charge in [0, 0.05) is 42.8 Å². The van der Waals surface area contributed by atoms with E-state index in [4.69, 9.17) is 0 Å². The highest BCUT2D eigenvalue weighted by molar-refractivity contribution is 7.14. The molecule has 27 heavy (non-hydrogen) atoms. The van der Waals surface area contributed by atoms with Crippen LogP contribution < -0.4 is 0 Å². The van der Waals surface area contributed by atoms with Crippen molar-refractivity contribution in [2.45, 2.75) is 26.3 Å². The van der Waals surface area contributed by atoms with E-state index in [-0.39, 0.29) is 12.3 Å². The van der Waals surface area contributed by atoms with E-state index in [0.29, 0.717) is 11.9 Å². The smallest absolute Gasteiger partial charge is 0.230 e. The predicted octanol–water partition coefficient (Wildman–Crippen LogP) is 2.16. The molecule has 4 rings (SSSR count). The van der Waals surface area contributed by atoms with Crippen LogP contribution in [-0.2, 0) is 11.2 Å². The quantitative estimate of drug-likeness (QED) is 0.691. The van der Waals surface area contributed by atoms with E-state index in [0.717, 1.165) is 46.1 Å². The van der Waals surface area contributed by atoms with Crippen LogP contribution in [0.3, 0.4) is 0 Å². The number of amides is 1. The average Bonchev–Trinajstić information content (AvgIpc) is 3.09. The topological polar surface area (TPSA) is 75.1 Å². The molecule has 0 radical (unpaired) electrons. The first kappa shape index (κ1) is 17.9. The fourth-order valence-corrected chi connectivity index (χ4v) is 3.90. The van der Waals surface area contributed by atoms with Gasteiger partial charge in [0.05, 0.1) is 11.9 Å². The maximum Gasteiger partial charge on any atom is 0.230 e. The number of carbonyl (C=O) groups excluding carboxylic acids is 1. The maximum atomic E-state index is 12.7. The second-order valence-corrected chi connectivity index (χ2v) is 8.21. The molecule has 0 unspecified atom stereocenters. The Bertz CT molecular complexity index is 987. The summed E-state index contributed by atoms with van der Waals surface area (Å²) in [7, 11) is 2.09. The summed E-state index contributed by atoms with van der Waals surface area (Å²) in [6, 6.07) is 6.35. The molecule has 2 aromatic heterocycles. The van der Waals surface area contributed by atoms with Crippen LogP contribution in [-0.4, -0.2) is 68.6 Å². The number of rotatable bonds is 3. The van der Waals surface area contributed by atoms with Gasteiger partial charge >= 0.3 is 0 Å². The number of piperazine rings is 1. The molecule has 0 N–H and O–H groups in total. The molecule has 1 atom stereocenters. The molecule has 1 aliphatic heterocycles. The number of hydrogen-bond acceptors (Lipinski definition) is 7. The molecule has 8 heteroatoms. The largest absolute Gasteiger partial charge is 0.339 e. The second kappa shape index (κ2) is 7.28. The third-order valence-corrected chi connectivity index (χ3v) is 5.92. The van der Waals surface area contributed by atoms with E-state index in [1.54, 1.807) is 17.5 Å². The first-order valence-corrected chi connectivity index (χ1v) is 9.85. The fourth-order valence-electron chi connectivity index (χ4n) is 3.22. The Kier molecular flexibility index (Phi) is 4.84. The molecule has 0 spiro atoms. The number of fused-ring (bicyclic) bond motifs is 1. The molecule has 0 saturated carbocycles. The summed E-state index contributed by atoms with van der Waals surface area (Å²) in [6.07, 6.45) is 2.02. The van der Waals surface area contributed by atoms with Crippen molar-refractivity contribution in [3.8, 4) is 10.6 Å². The van der Waals surface area contributed by atoms with Gasteiger partial charge in [0.25, 0.3) is 0 Å². The van der Waals surface area contributed by atoms with Gasteiger partial charge in [-0.2, -0.15) is 0 Å². The van der Waals surface area contributed by atoms with Crippen LogP contribution in [0, 0.1) is 6.92 Å². The normalized spacial score (nSPS) is 18.2. The van der Waals surface area contributed by atoms with Gasteiger partial charge in [-0.1, -0.05) is 23.5 Å². The molecule has 1 fully saturated rings. The van der Waals surface area contributed by atoms with Crippen LogP contribution in [0.25, 0.3) is 21.5 Å². The first-order valence-electron chi connectivity index (χ1n) is 9.04. The summed E-state index contributed by atoms with van der Waals surface area (Å²) < 4.78 is 0. The van der Waals surface area contributed by atoms with Crippen molar-refractivity contribution < 1.29 is 4.79 Å². The molecular formula is C19H22N6OS. The number of nitrogens with zero attached hydrogens (tertiary/aromatic N) is 6. The van der Waals surface area contributed by atoms with Crippen LogP contribution in [0.2, 0.25) is 0 Å². The van der Waals surface area contributed by atoms with Crippen LogP contribution in [0.5, 0.6) is 0 Å². The van der Waals surface area contributed by atoms with Gasteiger partial charge in [0.2, 0.25) is 5.91 Å². The number of aryl methyl sites for hydroxylation is 1. The van der Waals surface area contributed by atoms with E-state index in [1.165, 1.54) is 0 Å². The summed E-state index contributed by atoms with van der Waals surface area (Å²) in [6.45, 7) is 6.49. The number of likely N-dealkylation sites (N-methyl/N-ethyl adjacent to an activating group) is 1. The number of carbonyl (C=O) groups is 1. The van der Waals surface area contributed by atoms with Crippen molar-refractivity contribution >= 4 is 28.1 Å². The van der Waals surface area contributed by atoms with Gasteiger partial charge < -0.3 is 9.80 Å². The van der Waals surface area contributed by atoms with Crippen molar-refractivity contribution in [2.75, 3.05) is 26.7 Å². The number of benzene rings is 1. The van der Waals surface area contributed by atoms with Crippen LogP contribution in [0.15, 0.2) is 24.4 Å². The Morgan fingerprint density at radius 3 is 2.89 bits per heavy atom. The van der Waals surface area contributed by atoms with Crippen molar-refractivity contribution in [3.05, 3.63) is 35.2 Å². The van der Waals surface area contributed by atoms with Crippen molar-refractivity contribution in [2.24, 2.45) is 0 Å². The Balaban J connectivity index is 1.54. The van der Waals surface area contributed by atoms with Crippen LogP contribution >= 0.6 is 11.3 Å². The molecule has 1 aliphatic rings. The molecule has 140 valence electrons. The van der Waals surface area contributed by atoms with Gasteiger partial charge in [-0.25, -0.2) is 9.97 Å². The number of hydrogen-bond donors (Lipinski definition) is 0. The highest BCUT2D eigenvalue weighted by Crippen LogP contribution is 2.26. The van der Waals surface area contributed by atoms with Crippen molar-refractivity contribution in [1.29, 1.82) is 0 Å². The lowest BCUT2D eigenvalue weighted by Crippen LogP contribution is -2.52. The Morgan fingerprint density at radius 2 is 2.15 bits per heavy atom. The molecular weight excluding hydrogens is 360 g/mol. The highest BCUT2D eigenvalue weighted by Gasteiger charge is 2.24. The zero-order chi connectivity index (χ0) is 19.0. The van der Waals surface area contributed by atoms with E-state index < -0.39 is 0 Å². The third kappa shape index (κ3) is 3.81. The average molecular weight is 382 g/mol. The minimum atomic E-state index is 0.0882. The SMILES string of the molecule is Cc1nnc(-c2ccc3cnc(CC(=O)N4CCN(C)[C@@H](C)C4)nc3c2)s1. The molecule has 0 bridgehead atoms. The monoisotopic (exact) mass is 382 g/mol. The lowest BCUT2D eigenvalue weighted by Gasteiger charge is -2.37. The summed E-state index contributed by atoms with van der Waals surface area (Å²) in [4.78, 5) is 25.9. The molecule has 1 aromatic carbocycles. The van der Waals surface area contributed by atoms with E-state index in [2.05, 4.69) is 39.0 Å². The molecule has 1 saturated heterocycles. The summed E-state index contributed by atoms with van der Waals surface area (Å²) in [5.74, 6) is 0.648. The predicted molar refractivity (Wildman–Crippen MR) is 106 cm³/mol. The third-order valence-electron chi connectivity index (χ3n) is 5.03. The van der Waals surface area contributed by atoms with Crippen LogP contribution in [0.1, 0.15) is 17.8 Å². The Morgan fingerprint density at radius 1 is 1.30 bits per heavy atom. The molecule has 0 aliphatic carbocycles. The van der Waals surface area contributed by atoms with Gasteiger partial charge in [-0.15, -0.1) is 10.2 Å². The minimum Gasteiger partial charge on any atom is -0.339 e. The summed E-state index contributed by atoms with van der Waals surface area (Å²) >= 11 is 1.55. The summed E-state index contributed by atoms with van der Waals surface area (Å²) in [5.41, 5.74) is 1.81. The van der Waals surface area contributed by atoms with E-state index >= 15 is 0 Å². The highest BCUT2D eigenvalue weighted by atomic mass is 32.1. The zero-order valence-corrected chi connectivity index (χ0v) is 16.5. The lowest BCUT2D eigenvalue weighted by atomic mass is 10.1. The standard InChI is InChI=1S/C19H22N6OS/c1-12-11-25(7-6-24(12)3)18(26)9-17-20-10-15-5-4-14(8-16(15)21-17)19-23-22-13(2)27-19/h4-5,8,10,12H,6-7,9,11H2,1-3H3/t12-/m0/s1. The van der Waals surface area contributed by atoms with Crippen LogP contribution in [0.4, 0.5) is 0 Å². The molecule has 1 amide bonds. The van der Waals surface area contributed by atoms with E-state index in [9.17, 15) is 4.79 Å². The van der Waals surface area contributed by atoms with Gasteiger partial charge in [-0.3, -0.25) is 4.79 Å². The van der Waals surface area contributed by atoms with E-state index in [1.807, 2.05) is 30.0 Å². The molecule has 7 nitrogen and oxygen atoms in total. The van der Waals surface area contributed by atoms with Gasteiger partial charge in [-0.05, 0) is 27.0 Å².